The first kappa shape index (κ1) is 9.99. The molecule has 76 valence electrons. The average Bonchev–Trinajstić information content (AvgIpc) is 2.47. The molecular weight excluding hydrogens is 194 g/mol. The second kappa shape index (κ2) is 3.91. The lowest BCUT2D eigenvalue weighted by molar-refractivity contribution is 0.0633. The van der Waals surface area contributed by atoms with Crippen LogP contribution in [0.15, 0.2) is 24.4 Å². The molecule has 1 aliphatic heterocycles. The van der Waals surface area contributed by atoms with E-state index in [0.29, 0.717) is 11.7 Å². The minimum atomic E-state index is -0.529. The van der Waals surface area contributed by atoms with Gasteiger partial charge in [0.2, 0.25) is 0 Å². The van der Waals surface area contributed by atoms with Crippen LogP contribution in [0.4, 0.5) is 0 Å². The number of hydrogen-bond donors (Lipinski definition) is 1. The molecule has 14 heavy (non-hydrogen) atoms. The van der Waals surface area contributed by atoms with E-state index in [1.165, 1.54) is 0 Å². The van der Waals surface area contributed by atoms with Crippen molar-refractivity contribution in [3.63, 3.8) is 0 Å². The number of aliphatic hydroxyl groups is 1. The first-order valence-corrected chi connectivity index (χ1v) is 5.97. The molecular formula is C11H15NOS. The van der Waals surface area contributed by atoms with E-state index in [2.05, 4.69) is 11.9 Å². The summed E-state index contributed by atoms with van der Waals surface area (Å²) in [6.45, 7) is 2.17. The fraction of sp³-hybridized carbons (Fsp3) is 0.545. The lowest BCUT2D eigenvalue weighted by Gasteiger charge is -2.20. The Kier molecular flexibility index (Phi) is 2.79. The SMILES string of the molecule is CC1CC(O)(Cc2ccccn2)CS1. The number of aromatic nitrogens is 1. The third-order valence-electron chi connectivity index (χ3n) is 2.54. The van der Waals surface area contributed by atoms with Gasteiger partial charge in [-0.3, -0.25) is 4.98 Å². The van der Waals surface area contributed by atoms with Gasteiger partial charge in [-0.15, -0.1) is 0 Å². The molecule has 2 atom stereocenters. The molecule has 3 heteroatoms. The van der Waals surface area contributed by atoms with Gasteiger partial charge in [-0.1, -0.05) is 13.0 Å². The van der Waals surface area contributed by atoms with Crippen LogP contribution in [0, 0.1) is 0 Å². The summed E-state index contributed by atoms with van der Waals surface area (Å²) in [5, 5.41) is 10.8. The van der Waals surface area contributed by atoms with E-state index in [-0.39, 0.29) is 0 Å². The average molecular weight is 209 g/mol. The highest BCUT2D eigenvalue weighted by atomic mass is 32.2. The molecule has 0 aliphatic carbocycles. The Morgan fingerprint density at radius 2 is 2.50 bits per heavy atom. The Bertz CT molecular complexity index is 303. The first-order valence-electron chi connectivity index (χ1n) is 4.92. The summed E-state index contributed by atoms with van der Waals surface area (Å²) in [7, 11) is 0. The highest BCUT2D eigenvalue weighted by molar-refractivity contribution is 8.00. The summed E-state index contributed by atoms with van der Waals surface area (Å²) in [4.78, 5) is 4.24. The van der Waals surface area contributed by atoms with Gasteiger partial charge < -0.3 is 5.11 Å². The summed E-state index contributed by atoms with van der Waals surface area (Å²) >= 11 is 1.85. The summed E-state index contributed by atoms with van der Waals surface area (Å²) in [6.07, 6.45) is 3.35. The smallest absolute Gasteiger partial charge is 0.0803 e. The quantitative estimate of drug-likeness (QED) is 0.807. The Hall–Kier alpha value is -0.540. The van der Waals surface area contributed by atoms with E-state index >= 15 is 0 Å². The van der Waals surface area contributed by atoms with Gasteiger partial charge in [0.25, 0.3) is 0 Å². The van der Waals surface area contributed by atoms with Crippen LogP contribution in [0.1, 0.15) is 19.0 Å². The van der Waals surface area contributed by atoms with Crippen molar-refractivity contribution in [3.05, 3.63) is 30.1 Å². The van der Waals surface area contributed by atoms with Crippen molar-refractivity contribution in [2.24, 2.45) is 0 Å². The van der Waals surface area contributed by atoms with Crippen molar-refractivity contribution in [2.75, 3.05) is 5.75 Å². The zero-order chi connectivity index (χ0) is 10.0. The maximum atomic E-state index is 10.3. The lowest BCUT2D eigenvalue weighted by Crippen LogP contribution is -2.31. The van der Waals surface area contributed by atoms with Crippen molar-refractivity contribution in [2.45, 2.75) is 30.6 Å². The molecule has 1 aliphatic rings. The molecule has 1 aromatic rings. The Labute approximate surface area is 88.8 Å². The van der Waals surface area contributed by atoms with Crippen LogP contribution in [0.3, 0.4) is 0 Å². The van der Waals surface area contributed by atoms with E-state index < -0.39 is 5.60 Å². The van der Waals surface area contributed by atoms with Crippen molar-refractivity contribution in [3.8, 4) is 0 Å². The highest BCUT2D eigenvalue weighted by Crippen LogP contribution is 2.36. The van der Waals surface area contributed by atoms with E-state index in [1.807, 2.05) is 30.0 Å². The molecule has 0 radical (unpaired) electrons. The van der Waals surface area contributed by atoms with Gasteiger partial charge in [-0.2, -0.15) is 11.8 Å². The number of rotatable bonds is 2. The highest BCUT2D eigenvalue weighted by Gasteiger charge is 2.36. The minimum Gasteiger partial charge on any atom is -0.389 e. The summed E-state index contributed by atoms with van der Waals surface area (Å²) in [5.74, 6) is 0.838. The fourth-order valence-electron chi connectivity index (χ4n) is 1.91. The first-order chi connectivity index (χ1) is 6.68. The Morgan fingerprint density at radius 3 is 3.07 bits per heavy atom. The molecule has 0 aromatic carbocycles. The van der Waals surface area contributed by atoms with Crippen LogP contribution in [0.2, 0.25) is 0 Å². The van der Waals surface area contributed by atoms with Crippen molar-refractivity contribution in [1.29, 1.82) is 0 Å². The van der Waals surface area contributed by atoms with Gasteiger partial charge in [0.1, 0.15) is 0 Å². The number of thioether (sulfide) groups is 1. The van der Waals surface area contributed by atoms with Gasteiger partial charge in [0.15, 0.2) is 0 Å². The molecule has 0 spiro atoms. The Morgan fingerprint density at radius 1 is 1.64 bits per heavy atom. The van der Waals surface area contributed by atoms with E-state index in [1.54, 1.807) is 6.20 Å². The molecule has 2 rings (SSSR count). The largest absolute Gasteiger partial charge is 0.389 e. The Balaban J connectivity index is 2.04. The zero-order valence-corrected chi connectivity index (χ0v) is 9.13. The molecule has 1 aromatic heterocycles. The molecule has 0 amide bonds. The number of nitrogens with zero attached hydrogens (tertiary/aromatic N) is 1. The topological polar surface area (TPSA) is 33.1 Å². The van der Waals surface area contributed by atoms with Crippen molar-refractivity contribution < 1.29 is 5.11 Å². The van der Waals surface area contributed by atoms with Gasteiger partial charge in [-0.25, -0.2) is 0 Å². The van der Waals surface area contributed by atoms with Crippen LogP contribution in [0.25, 0.3) is 0 Å². The van der Waals surface area contributed by atoms with Gasteiger partial charge in [-0.05, 0) is 18.6 Å². The predicted molar refractivity (Wildman–Crippen MR) is 59.4 cm³/mol. The van der Waals surface area contributed by atoms with E-state index in [9.17, 15) is 5.11 Å². The molecule has 0 bridgehead atoms. The van der Waals surface area contributed by atoms with E-state index in [4.69, 9.17) is 0 Å². The maximum Gasteiger partial charge on any atom is 0.0803 e. The monoisotopic (exact) mass is 209 g/mol. The lowest BCUT2D eigenvalue weighted by atomic mass is 9.95. The predicted octanol–water partition coefficient (Wildman–Crippen LogP) is 1.88. The summed E-state index contributed by atoms with van der Waals surface area (Å²) < 4.78 is 0. The number of pyridine rings is 1. The molecule has 2 nitrogen and oxygen atoms in total. The van der Waals surface area contributed by atoms with Crippen molar-refractivity contribution >= 4 is 11.8 Å². The van der Waals surface area contributed by atoms with E-state index in [0.717, 1.165) is 17.9 Å². The third kappa shape index (κ3) is 2.28. The molecule has 0 saturated carbocycles. The molecule has 2 unspecified atom stereocenters. The third-order valence-corrected chi connectivity index (χ3v) is 3.98. The molecule has 1 fully saturated rings. The maximum absolute atomic E-state index is 10.3. The van der Waals surface area contributed by atoms with Crippen molar-refractivity contribution in [1.82, 2.24) is 4.98 Å². The van der Waals surface area contributed by atoms with Gasteiger partial charge in [0, 0.05) is 29.3 Å². The van der Waals surface area contributed by atoms with Crippen LogP contribution >= 0.6 is 11.8 Å². The molecule has 2 heterocycles. The normalized spacial score (nSPS) is 32.0. The van der Waals surface area contributed by atoms with Gasteiger partial charge in [0.05, 0.1) is 5.60 Å². The minimum absolute atomic E-state index is 0.529. The van der Waals surface area contributed by atoms with Crippen LogP contribution < -0.4 is 0 Å². The summed E-state index contributed by atoms with van der Waals surface area (Å²) in [6, 6.07) is 5.85. The summed E-state index contributed by atoms with van der Waals surface area (Å²) in [5.41, 5.74) is 0.461. The second-order valence-electron chi connectivity index (χ2n) is 4.05. The standard InChI is InChI=1S/C11H15NOS/c1-9-6-11(13,8-14-9)7-10-4-2-3-5-12-10/h2-5,9,13H,6-8H2,1H3. The molecule has 1 N–H and O–H groups in total. The molecule has 1 saturated heterocycles. The number of hydrogen-bond acceptors (Lipinski definition) is 3. The fourth-order valence-corrected chi connectivity index (χ4v) is 3.16. The second-order valence-corrected chi connectivity index (χ2v) is 5.47. The zero-order valence-electron chi connectivity index (χ0n) is 8.31. The van der Waals surface area contributed by atoms with Crippen LogP contribution in [0.5, 0.6) is 0 Å². The van der Waals surface area contributed by atoms with Crippen LogP contribution in [-0.2, 0) is 6.42 Å². The van der Waals surface area contributed by atoms with Crippen LogP contribution in [-0.4, -0.2) is 26.7 Å². The van der Waals surface area contributed by atoms with Gasteiger partial charge >= 0.3 is 0 Å².